The molecular formula is C10H11BrN2S2. The molecule has 0 spiro atoms. The van der Waals surface area contributed by atoms with E-state index in [0.717, 1.165) is 12.2 Å². The zero-order valence-corrected chi connectivity index (χ0v) is 11.5. The monoisotopic (exact) mass is 302 g/mol. The van der Waals surface area contributed by atoms with E-state index in [2.05, 4.69) is 50.0 Å². The number of rotatable bonds is 4. The predicted molar refractivity (Wildman–Crippen MR) is 69.4 cm³/mol. The maximum atomic E-state index is 4.28. The Labute approximate surface area is 106 Å². The van der Waals surface area contributed by atoms with Crippen LogP contribution in [0.5, 0.6) is 0 Å². The summed E-state index contributed by atoms with van der Waals surface area (Å²) in [5, 5.41) is 7.69. The second kappa shape index (κ2) is 5.21. The van der Waals surface area contributed by atoms with Gasteiger partial charge in [-0.05, 0) is 39.9 Å². The first kappa shape index (κ1) is 11.3. The van der Waals surface area contributed by atoms with Crippen LogP contribution in [0.3, 0.4) is 0 Å². The van der Waals surface area contributed by atoms with Gasteiger partial charge < -0.3 is 5.32 Å². The number of halogens is 1. The smallest absolute Gasteiger partial charge is 0.0795 e. The number of nitrogens with zero attached hydrogens (tertiary/aromatic N) is 1. The molecule has 0 aliphatic rings. The normalized spacial score (nSPS) is 12.9. The minimum absolute atomic E-state index is 0.315. The third-order valence-electron chi connectivity index (χ3n) is 2.13. The standard InChI is InChI=1S/C10H11BrN2S2/c1-7(9-5-14-6-13-9)12-3-8-2-10(11)15-4-8/h2,4-7,12H,3H2,1H3. The summed E-state index contributed by atoms with van der Waals surface area (Å²) >= 11 is 6.81. The first-order chi connectivity index (χ1) is 7.25. The quantitative estimate of drug-likeness (QED) is 0.929. The van der Waals surface area contributed by atoms with Gasteiger partial charge in [0.2, 0.25) is 0 Å². The summed E-state index contributed by atoms with van der Waals surface area (Å²) in [6, 6.07) is 2.46. The molecule has 0 saturated heterocycles. The van der Waals surface area contributed by atoms with Gasteiger partial charge in [-0.15, -0.1) is 22.7 Å². The Bertz CT molecular complexity index is 411. The molecular weight excluding hydrogens is 292 g/mol. The molecule has 0 radical (unpaired) electrons. The molecule has 2 heterocycles. The molecule has 1 N–H and O–H groups in total. The Balaban J connectivity index is 1.88. The third kappa shape index (κ3) is 3.11. The van der Waals surface area contributed by atoms with Crippen LogP contribution in [0.15, 0.2) is 26.1 Å². The summed E-state index contributed by atoms with van der Waals surface area (Å²) in [5.74, 6) is 0. The van der Waals surface area contributed by atoms with Gasteiger partial charge in [0.05, 0.1) is 15.0 Å². The van der Waals surface area contributed by atoms with Crippen molar-refractivity contribution >= 4 is 38.6 Å². The lowest BCUT2D eigenvalue weighted by Gasteiger charge is -2.09. The van der Waals surface area contributed by atoms with E-state index in [-0.39, 0.29) is 0 Å². The van der Waals surface area contributed by atoms with Crippen molar-refractivity contribution < 1.29 is 0 Å². The average Bonchev–Trinajstić information content (AvgIpc) is 2.84. The van der Waals surface area contributed by atoms with Crippen molar-refractivity contribution in [3.8, 4) is 0 Å². The minimum atomic E-state index is 0.315. The number of hydrogen-bond donors (Lipinski definition) is 1. The molecule has 2 nitrogen and oxygen atoms in total. The van der Waals surface area contributed by atoms with E-state index in [0.29, 0.717) is 6.04 Å². The SMILES string of the molecule is CC(NCc1csc(Br)c1)c1cscn1. The van der Waals surface area contributed by atoms with Gasteiger partial charge in [-0.2, -0.15) is 0 Å². The Hall–Kier alpha value is -0.230. The molecule has 5 heteroatoms. The van der Waals surface area contributed by atoms with Gasteiger partial charge in [0, 0.05) is 18.0 Å². The van der Waals surface area contributed by atoms with Crippen molar-refractivity contribution in [2.45, 2.75) is 19.5 Å². The van der Waals surface area contributed by atoms with E-state index in [1.165, 1.54) is 9.35 Å². The summed E-state index contributed by atoms with van der Waals surface area (Å²) < 4.78 is 1.18. The van der Waals surface area contributed by atoms with Crippen LogP contribution in [0.1, 0.15) is 24.2 Å². The van der Waals surface area contributed by atoms with Crippen molar-refractivity contribution in [2.75, 3.05) is 0 Å². The molecule has 0 aliphatic carbocycles. The minimum Gasteiger partial charge on any atom is -0.305 e. The average molecular weight is 303 g/mol. The van der Waals surface area contributed by atoms with E-state index >= 15 is 0 Å². The molecule has 0 aromatic carbocycles. The van der Waals surface area contributed by atoms with E-state index < -0.39 is 0 Å². The molecule has 15 heavy (non-hydrogen) atoms. The lowest BCUT2D eigenvalue weighted by molar-refractivity contribution is 0.565. The van der Waals surface area contributed by atoms with Gasteiger partial charge in [0.25, 0.3) is 0 Å². The van der Waals surface area contributed by atoms with Crippen LogP contribution >= 0.6 is 38.6 Å². The van der Waals surface area contributed by atoms with Crippen LogP contribution in [-0.4, -0.2) is 4.98 Å². The van der Waals surface area contributed by atoms with Crippen LogP contribution in [0, 0.1) is 0 Å². The molecule has 1 unspecified atom stereocenters. The Morgan fingerprint density at radius 2 is 2.40 bits per heavy atom. The van der Waals surface area contributed by atoms with Crippen LogP contribution in [0.2, 0.25) is 0 Å². The van der Waals surface area contributed by atoms with Crippen LogP contribution in [0.4, 0.5) is 0 Å². The zero-order valence-electron chi connectivity index (χ0n) is 8.24. The molecule has 2 rings (SSSR count). The summed E-state index contributed by atoms with van der Waals surface area (Å²) in [6.45, 7) is 3.03. The van der Waals surface area contributed by atoms with Gasteiger partial charge in [0.15, 0.2) is 0 Å². The molecule has 0 amide bonds. The second-order valence-electron chi connectivity index (χ2n) is 3.27. The highest BCUT2D eigenvalue weighted by molar-refractivity contribution is 9.11. The lowest BCUT2D eigenvalue weighted by Crippen LogP contribution is -2.17. The molecule has 1 atom stereocenters. The Kier molecular flexibility index (Phi) is 3.91. The largest absolute Gasteiger partial charge is 0.305 e. The molecule has 2 aromatic heterocycles. The highest BCUT2D eigenvalue weighted by Crippen LogP contribution is 2.21. The van der Waals surface area contributed by atoms with Crippen molar-refractivity contribution in [2.24, 2.45) is 0 Å². The molecule has 0 bridgehead atoms. The first-order valence-electron chi connectivity index (χ1n) is 4.60. The van der Waals surface area contributed by atoms with Gasteiger partial charge in [0.1, 0.15) is 0 Å². The predicted octanol–water partition coefficient (Wildman–Crippen LogP) is 3.82. The maximum absolute atomic E-state index is 4.28. The van der Waals surface area contributed by atoms with E-state index in [1.54, 1.807) is 22.7 Å². The molecule has 0 saturated carbocycles. The van der Waals surface area contributed by atoms with E-state index in [4.69, 9.17) is 0 Å². The van der Waals surface area contributed by atoms with E-state index in [1.807, 2.05) is 5.51 Å². The third-order valence-corrected chi connectivity index (χ3v) is 4.29. The summed E-state index contributed by atoms with van der Waals surface area (Å²) in [7, 11) is 0. The number of aromatic nitrogens is 1. The van der Waals surface area contributed by atoms with Crippen LogP contribution in [-0.2, 0) is 6.54 Å². The summed E-state index contributed by atoms with van der Waals surface area (Å²) in [4.78, 5) is 4.28. The maximum Gasteiger partial charge on any atom is 0.0795 e. The second-order valence-corrected chi connectivity index (χ2v) is 6.28. The molecule has 2 aromatic rings. The summed E-state index contributed by atoms with van der Waals surface area (Å²) in [6.07, 6.45) is 0. The number of thiazole rings is 1. The fourth-order valence-electron chi connectivity index (χ4n) is 1.25. The highest BCUT2D eigenvalue weighted by atomic mass is 79.9. The number of hydrogen-bond acceptors (Lipinski definition) is 4. The zero-order chi connectivity index (χ0) is 10.7. The van der Waals surface area contributed by atoms with Crippen molar-refractivity contribution in [3.63, 3.8) is 0 Å². The highest BCUT2D eigenvalue weighted by Gasteiger charge is 2.06. The van der Waals surface area contributed by atoms with Gasteiger partial charge in [-0.1, -0.05) is 0 Å². The lowest BCUT2D eigenvalue weighted by atomic mass is 10.2. The van der Waals surface area contributed by atoms with Gasteiger partial charge >= 0.3 is 0 Å². The fourth-order valence-corrected chi connectivity index (χ4v) is 3.11. The Morgan fingerprint density at radius 1 is 1.53 bits per heavy atom. The Morgan fingerprint density at radius 3 is 3.00 bits per heavy atom. The topological polar surface area (TPSA) is 24.9 Å². The van der Waals surface area contributed by atoms with Crippen LogP contribution < -0.4 is 5.32 Å². The van der Waals surface area contributed by atoms with E-state index in [9.17, 15) is 0 Å². The van der Waals surface area contributed by atoms with Crippen molar-refractivity contribution in [3.05, 3.63) is 37.4 Å². The molecule has 0 fully saturated rings. The van der Waals surface area contributed by atoms with Crippen molar-refractivity contribution in [1.29, 1.82) is 0 Å². The first-order valence-corrected chi connectivity index (χ1v) is 7.21. The molecule has 80 valence electrons. The number of nitrogens with one attached hydrogen (secondary N) is 1. The van der Waals surface area contributed by atoms with Gasteiger partial charge in [-0.3, -0.25) is 0 Å². The van der Waals surface area contributed by atoms with Crippen molar-refractivity contribution in [1.82, 2.24) is 10.3 Å². The summed E-state index contributed by atoms with van der Waals surface area (Å²) in [5.41, 5.74) is 4.30. The fraction of sp³-hybridized carbons (Fsp3) is 0.300. The number of thiophene rings is 1. The van der Waals surface area contributed by atoms with Gasteiger partial charge in [-0.25, -0.2) is 4.98 Å². The molecule has 0 aliphatic heterocycles. The van der Waals surface area contributed by atoms with Crippen LogP contribution in [0.25, 0.3) is 0 Å².